The van der Waals surface area contributed by atoms with Crippen molar-refractivity contribution in [3.63, 3.8) is 0 Å². The second kappa shape index (κ2) is 12.1. The zero-order valence-corrected chi connectivity index (χ0v) is 16.0. The number of rotatable bonds is 13. The van der Waals surface area contributed by atoms with Gasteiger partial charge in [0.2, 0.25) is 0 Å². The highest BCUT2D eigenvalue weighted by atomic mass is 31.1. The summed E-state index contributed by atoms with van der Waals surface area (Å²) in [5, 5.41) is 29.6. The summed E-state index contributed by atoms with van der Waals surface area (Å²) in [6, 6.07) is 2.53. The largest absolute Gasteiger partial charge is 0.396 e. The molecule has 0 fully saturated rings. The first-order chi connectivity index (χ1) is 10.8. The quantitative estimate of drug-likeness (QED) is 0.268. The van der Waals surface area contributed by atoms with Gasteiger partial charge in [0.15, 0.2) is 5.53 Å². The van der Waals surface area contributed by atoms with Crippen LogP contribution < -0.4 is 5.73 Å². The number of ether oxygens (including phenoxy) is 1. The molecule has 136 valence electrons. The molecular formula is C16H34N3O3P. The van der Waals surface area contributed by atoms with E-state index in [0.29, 0.717) is 13.0 Å². The van der Waals surface area contributed by atoms with Crippen LogP contribution in [0.15, 0.2) is 0 Å². The van der Waals surface area contributed by atoms with Gasteiger partial charge in [-0.25, -0.2) is 0 Å². The molecule has 3 atom stereocenters. The third-order valence-electron chi connectivity index (χ3n) is 3.72. The first kappa shape index (κ1) is 22.7. The SMILES string of the molecule is CC(C)N(PC(O)(OCCC#N)C(CO)CCCCN)C(C)C. The van der Waals surface area contributed by atoms with Crippen LogP contribution in [0.5, 0.6) is 0 Å². The Hall–Kier alpha value is -0.280. The van der Waals surface area contributed by atoms with Crippen LogP contribution in [-0.2, 0) is 4.74 Å². The maximum absolute atomic E-state index is 11.1. The molecule has 0 rings (SSSR count). The zero-order valence-electron chi connectivity index (χ0n) is 15.0. The smallest absolute Gasteiger partial charge is 0.200 e. The van der Waals surface area contributed by atoms with Crippen molar-refractivity contribution in [1.82, 2.24) is 4.67 Å². The van der Waals surface area contributed by atoms with Crippen molar-refractivity contribution in [3.8, 4) is 6.07 Å². The first-order valence-corrected chi connectivity index (χ1v) is 9.37. The van der Waals surface area contributed by atoms with Gasteiger partial charge in [-0.2, -0.15) is 5.26 Å². The zero-order chi connectivity index (χ0) is 17.9. The molecule has 23 heavy (non-hydrogen) atoms. The lowest BCUT2D eigenvalue weighted by Crippen LogP contribution is -2.44. The van der Waals surface area contributed by atoms with E-state index in [1.807, 2.05) is 6.07 Å². The van der Waals surface area contributed by atoms with Gasteiger partial charge in [-0.05, 0) is 47.1 Å². The Balaban J connectivity index is 5.13. The number of aliphatic hydroxyl groups excluding tert-OH is 1. The van der Waals surface area contributed by atoms with Crippen molar-refractivity contribution in [3.05, 3.63) is 0 Å². The van der Waals surface area contributed by atoms with E-state index in [1.165, 1.54) is 0 Å². The molecule has 0 aliphatic heterocycles. The predicted molar refractivity (Wildman–Crippen MR) is 95.0 cm³/mol. The molecular weight excluding hydrogens is 313 g/mol. The molecule has 7 heteroatoms. The summed E-state index contributed by atoms with van der Waals surface area (Å²) in [4.78, 5) is 0. The molecule has 0 saturated heterocycles. The van der Waals surface area contributed by atoms with Gasteiger partial charge >= 0.3 is 0 Å². The molecule has 0 saturated carbocycles. The van der Waals surface area contributed by atoms with Gasteiger partial charge in [0.05, 0.1) is 25.7 Å². The summed E-state index contributed by atoms with van der Waals surface area (Å²) in [6.07, 6.45) is 2.55. The number of aliphatic hydroxyl groups is 2. The van der Waals surface area contributed by atoms with Crippen molar-refractivity contribution in [2.75, 3.05) is 19.8 Å². The molecule has 4 N–H and O–H groups in total. The molecule has 0 heterocycles. The lowest BCUT2D eigenvalue weighted by Gasteiger charge is -2.41. The normalized spacial score (nSPS) is 16.4. The van der Waals surface area contributed by atoms with E-state index in [9.17, 15) is 10.2 Å². The molecule has 3 unspecified atom stereocenters. The van der Waals surface area contributed by atoms with Gasteiger partial charge in [0.1, 0.15) is 0 Å². The van der Waals surface area contributed by atoms with E-state index in [2.05, 4.69) is 32.4 Å². The van der Waals surface area contributed by atoms with E-state index in [-0.39, 0.29) is 46.4 Å². The fourth-order valence-electron chi connectivity index (χ4n) is 2.48. The van der Waals surface area contributed by atoms with E-state index in [1.54, 1.807) is 0 Å². The highest BCUT2D eigenvalue weighted by Crippen LogP contribution is 2.44. The molecule has 0 aliphatic carbocycles. The number of nitrogens with two attached hydrogens (primary N) is 1. The lowest BCUT2D eigenvalue weighted by molar-refractivity contribution is -0.180. The third kappa shape index (κ3) is 8.39. The second-order valence-electron chi connectivity index (χ2n) is 6.32. The van der Waals surface area contributed by atoms with Crippen molar-refractivity contribution in [2.45, 2.75) is 71.0 Å². The number of hydrogen-bond acceptors (Lipinski definition) is 6. The van der Waals surface area contributed by atoms with Crippen LogP contribution in [0.3, 0.4) is 0 Å². The number of nitrogens with zero attached hydrogens (tertiary/aromatic N) is 2. The first-order valence-electron chi connectivity index (χ1n) is 8.42. The summed E-state index contributed by atoms with van der Waals surface area (Å²) < 4.78 is 7.86. The molecule has 0 aromatic heterocycles. The summed E-state index contributed by atoms with van der Waals surface area (Å²) in [7, 11) is 0.00437. The summed E-state index contributed by atoms with van der Waals surface area (Å²) in [6.45, 7) is 8.91. The highest BCUT2D eigenvalue weighted by Gasteiger charge is 2.40. The van der Waals surface area contributed by atoms with Crippen LogP contribution in [-0.4, -0.2) is 52.3 Å². The highest BCUT2D eigenvalue weighted by molar-refractivity contribution is 7.36. The predicted octanol–water partition coefficient (Wildman–Crippen LogP) is 2.01. The van der Waals surface area contributed by atoms with E-state index < -0.39 is 5.53 Å². The van der Waals surface area contributed by atoms with Crippen molar-refractivity contribution >= 4 is 8.73 Å². The van der Waals surface area contributed by atoms with Crippen molar-refractivity contribution in [2.24, 2.45) is 11.7 Å². The minimum absolute atomic E-state index is 0.00437. The van der Waals surface area contributed by atoms with Gasteiger partial charge in [-0.1, -0.05) is 6.42 Å². The molecule has 6 nitrogen and oxygen atoms in total. The average Bonchev–Trinajstić information content (AvgIpc) is 2.49. The van der Waals surface area contributed by atoms with E-state index in [0.717, 1.165) is 12.8 Å². The Morgan fingerprint density at radius 3 is 2.30 bits per heavy atom. The van der Waals surface area contributed by atoms with Gasteiger partial charge in [-0.3, -0.25) is 4.67 Å². The standard InChI is InChI=1S/C16H34N3O3P/c1-13(2)19(14(3)4)23-16(21,22-11-7-10-18)15(12-20)8-5-6-9-17/h13-15,20-21,23H,5-9,11-12,17H2,1-4H3. The van der Waals surface area contributed by atoms with Crippen LogP contribution in [0, 0.1) is 17.2 Å². The Labute approximate surface area is 142 Å². The van der Waals surface area contributed by atoms with Crippen molar-refractivity contribution < 1.29 is 14.9 Å². The fourth-order valence-corrected chi connectivity index (χ4v) is 3.95. The molecule has 0 aliphatic rings. The molecule has 0 spiro atoms. The number of nitriles is 1. The van der Waals surface area contributed by atoms with Gasteiger partial charge < -0.3 is 20.7 Å². The van der Waals surface area contributed by atoms with Crippen LogP contribution in [0.25, 0.3) is 0 Å². The third-order valence-corrected chi connectivity index (χ3v) is 5.88. The van der Waals surface area contributed by atoms with Crippen molar-refractivity contribution in [1.29, 1.82) is 5.26 Å². The van der Waals surface area contributed by atoms with Crippen LogP contribution >= 0.6 is 8.73 Å². The van der Waals surface area contributed by atoms with E-state index >= 15 is 0 Å². The molecule has 0 amide bonds. The minimum atomic E-state index is -1.44. The van der Waals surface area contributed by atoms with Gasteiger partial charge in [0.25, 0.3) is 0 Å². The van der Waals surface area contributed by atoms with Crippen LogP contribution in [0.1, 0.15) is 53.4 Å². The monoisotopic (exact) mass is 347 g/mol. The Morgan fingerprint density at radius 2 is 1.87 bits per heavy atom. The number of unbranched alkanes of at least 4 members (excludes halogenated alkanes) is 1. The van der Waals surface area contributed by atoms with E-state index in [4.69, 9.17) is 15.7 Å². The topological polar surface area (TPSA) is 103 Å². The lowest BCUT2D eigenvalue weighted by atomic mass is 10.0. The molecule has 0 radical (unpaired) electrons. The van der Waals surface area contributed by atoms with Crippen LogP contribution in [0.4, 0.5) is 0 Å². The summed E-state index contributed by atoms with van der Waals surface area (Å²) >= 11 is 0. The summed E-state index contributed by atoms with van der Waals surface area (Å²) in [5.41, 5.74) is 4.09. The fraction of sp³-hybridized carbons (Fsp3) is 0.938. The molecule has 0 aromatic rings. The van der Waals surface area contributed by atoms with Gasteiger partial charge in [0, 0.05) is 26.7 Å². The Kier molecular flexibility index (Phi) is 12.0. The van der Waals surface area contributed by atoms with Crippen LogP contribution in [0.2, 0.25) is 0 Å². The number of hydrogen-bond donors (Lipinski definition) is 3. The minimum Gasteiger partial charge on any atom is -0.396 e. The maximum Gasteiger partial charge on any atom is 0.200 e. The maximum atomic E-state index is 11.1. The molecule has 0 bridgehead atoms. The summed E-state index contributed by atoms with van der Waals surface area (Å²) in [5.74, 6) is -0.383. The second-order valence-corrected chi connectivity index (χ2v) is 7.78. The Morgan fingerprint density at radius 1 is 1.26 bits per heavy atom. The average molecular weight is 347 g/mol. The molecule has 0 aromatic carbocycles. The van der Waals surface area contributed by atoms with Gasteiger partial charge in [-0.15, -0.1) is 0 Å². The Bertz CT molecular complexity index is 342.